The zero-order valence-corrected chi connectivity index (χ0v) is 11.0. The van der Waals surface area contributed by atoms with E-state index in [0.717, 1.165) is 24.5 Å². The van der Waals surface area contributed by atoms with Crippen LogP contribution in [-0.4, -0.2) is 17.8 Å². The van der Waals surface area contributed by atoms with Gasteiger partial charge in [0.2, 0.25) is 0 Å². The number of hydrogen-bond acceptors (Lipinski definition) is 2. The van der Waals surface area contributed by atoms with E-state index in [9.17, 15) is 5.11 Å². The summed E-state index contributed by atoms with van der Waals surface area (Å²) < 4.78 is 5.64. The second-order valence-electron chi connectivity index (χ2n) is 5.84. The summed E-state index contributed by atoms with van der Waals surface area (Å²) in [6.07, 6.45) is 4.57. The van der Waals surface area contributed by atoms with Crippen molar-refractivity contribution in [2.75, 3.05) is 6.61 Å². The molecule has 2 heteroatoms. The lowest BCUT2D eigenvalue weighted by Crippen LogP contribution is -2.23. The summed E-state index contributed by atoms with van der Waals surface area (Å²) in [5.41, 5.74) is 2.43. The van der Waals surface area contributed by atoms with Gasteiger partial charge >= 0.3 is 0 Å². The lowest BCUT2D eigenvalue weighted by molar-refractivity contribution is -0.0178. The van der Waals surface area contributed by atoms with Gasteiger partial charge in [-0.1, -0.05) is 37.6 Å². The van der Waals surface area contributed by atoms with E-state index < -0.39 is 6.10 Å². The van der Waals surface area contributed by atoms with Crippen molar-refractivity contribution in [1.82, 2.24) is 0 Å². The maximum absolute atomic E-state index is 10.4. The monoisotopic (exact) mass is 246 g/mol. The smallest absolute Gasteiger partial charge is 0.105 e. The Hall–Kier alpha value is -0.860. The average molecular weight is 246 g/mol. The molecule has 1 aliphatic carbocycles. The summed E-state index contributed by atoms with van der Waals surface area (Å²) in [5, 5.41) is 10.4. The van der Waals surface area contributed by atoms with Crippen molar-refractivity contribution in [2.24, 2.45) is 5.92 Å². The minimum atomic E-state index is -0.474. The predicted molar refractivity (Wildman–Crippen MR) is 71.5 cm³/mol. The molecular weight excluding hydrogens is 224 g/mol. The molecule has 1 aromatic rings. The van der Waals surface area contributed by atoms with Crippen LogP contribution in [0.3, 0.4) is 0 Å². The van der Waals surface area contributed by atoms with E-state index in [1.807, 2.05) is 0 Å². The Balaban J connectivity index is 1.71. The van der Waals surface area contributed by atoms with Gasteiger partial charge in [0.25, 0.3) is 0 Å². The minimum absolute atomic E-state index is 0.0282. The molecule has 18 heavy (non-hydrogen) atoms. The van der Waals surface area contributed by atoms with E-state index in [4.69, 9.17) is 4.74 Å². The fourth-order valence-corrected chi connectivity index (χ4v) is 3.02. The quantitative estimate of drug-likeness (QED) is 0.885. The third-order valence-corrected chi connectivity index (χ3v) is 4.61. The highest BCUT2D eigenvalue weighted by molar-refractivity contribution is 5.28. The van der Waals surface area contributed by atoms with Gasteiger partial charge in [-0.15, -0.1) is 0 Å². The molecule has 0 bridgehead atoms. The van der Waals surface area contributed by atoms with Gasteiger partial charge in [-0.05, 0) is 42.2 Å². The molecule has 1 aromatic carbocycles. The van der Waals surface area contributed by atoms with Crippen LogP contribution in [-0.2, 0) is 4.74 Å². The molecule has 2 aliphatic rings. The molecule has 3 unspecified atom stereocenters. The zero-order chi connectivity index (χ0) is 12.5. The van der Waals surface area contributed by atoms with E-state index in [-0.39, 0.29) is 6.10 Å². The molecule has 3 rings (SSSR count). The van der Waals surface area contributed by atoms with Crippen LogP contribution in [0.2, 0.25) is 0 Å². The fourth-order valence-electron chi connectivity index (χ4n) is 3.02. The van der Waals surface area contributed by atoms with Gasteiger partial charge in [0.15, 0.2) is 0 Å². The number of hydrogen-bond donors (Lipinski definition) is 1. The number of benzene rings is 1. The summed E-state index contributed by atoms with van der Waals surface area (Å²) in [6.45, 7) is 2.94. The third kappa shape index (κ3) is 2.19. The molecule has 3 atom stereocenters. The molecule has 1 saturated heterocycles. The highest BCUT2D eigenvalue weighted by atomic mass is 16.5. The highest BCUT2D eigenvalue weighted by Crippen LogP contribution is 2.37. The molecule has 0 spiro atoms. The molecule has 98 valence electrons. The normalized spacial score (nSPS) is 30.1. The molecule has 0 amide bonds. The van der Waals surface area contributed by atoms with Gasteiger partial charge in [0.05, 0.1) is 6.10 Å². The van der Waals surface area contributed by atoms with Crippen molar-refractivity contribution in [3.05, 3.63) is 35.4 Å². The standard InChI is InChI=1S/C16H22O2/c1-11-9-10-18-16(11)15(17)14-7-5-13(6-8-14)12-3-2-4-12/h5-8,11-12,15-17H,2-4,9-10H2,1H3. The van der Waals surface area contributed by atoms with Crippen molar-refractivity contribution in [3.8, 4) is 0 Å². The zero-order valence-electron chi connectivity index (χ0n) is 11.0. The third-order valence-electron chi connectivity index (χ3n) is 4.61. The van der Waals surface area contributed by atoms with Crippen LogP contribution in [0.1, 0.15) is 55.8 Å². The first-order valence-electron chi connectivity index (χ1n) is 7.15. The molecule has 2 nitrogen and oxygen atoms in total. The van der Waals surface area contributed by atoms with Gasteiger partial charge in [0, 0.05) is 6.61 Å². The summed E-state index contributed by atoms with van der Waals surface area (Å²) in [6, 6.07) is 8.52. The maximum Gasteiger partial charge on any atom is 0.105 e. The van der Waals surface area contributed by atoms with Gasteiger partial charge < -0.3 is 9.84 Å². The Labute approximate surface area is 109 Å². The van der Waals surface area contributed by atoms with Gasteiger partial charge in [0.1, 0.15) is 6.10 Å². The Morgan fingerprint density at radius 3 is 2.39 bits per heavy atom. The minimum Gasteiger partial charge on any atom is -0.386 e. The van der Waals surface area contributed by atoms with E-state index >= 15 is 0 Å². The van der Waals surface area contributed by atoms with Gasteiger partial charge in [-0.2, -0.15) is 0 Å². The SMILES string of the molecule is CC1CCOC1C(O)c1ccc(C2CCC2)cc1. The first-order valence-corrected chi connectivity index (χ1v) is 7.15. The van der Waals surface area contributed by atoms with Crippen LogP contribution in [0, 0.1) is 5.92 Å². The molecule has 0 radical (unpaired) electrons. The highest BCUT2D eigenvalue weighted by Gasteiger charge is 2.31. The Morgan fingerprint density at radius 1 is 1.17 bits per heavy atom. The largest absolute Gasteiger partial charge is 0.386 e. The summed E-state index contributed by atoms with van der Waals surface area (Å²) in [4.78, 5) is 0. The first kappa shape index (κ1) is 12.2. The predicted octanol–water partition coefficient (Wildman–Crippen LogP) is 3.41. The molecule has 2 fully saturated rings. The first-order chi connectivity index (χ1) is 8.75. The Bertz CT molecular complexity index is 394. The van der Waals surface area contributed by atoms with Gasteiger partial charge in [-0.25, -0.2) is 0 Å². The average Bonchev–Trinajstić information content (AvgIpc) is 2.73. The number of rotatable bonds is 3. The van der Waals surface area contributed by atoms with Crippen molar-refractivity contribution < 1.29 is 9.84 Å². The number of ether oxygens (including phenoxy) is 1. The van der Waals surface area contributed by atoms with Crippen LogP contribution >= 0.6 is 0 Å². The summed E-state index contributed by atoms with van der Waals surface area (Å²) in [7, 11) is 0. The second kappa shape index (κ2) is 5.02. The lowest BCUT2D eigenvalue weighted by Gasteiger charge is -2.27. The Morgan fingerprint density at radius 2 is 1.89 bits per heavy atom. The number of aliphatic hydroxyl groups excluding tert-OH is 1. The van der Waals surface area contributed by atoms with E-state index in [1.165, 1.54) is 24.8 Å². The molecule has 1 N–H and O–H groups in total. The van der Waals surface area contributed by atoms with E-state index in [1.54, 1.807) is 0 Å². The fraction of sp³-hybridized carbons (Fsp3) is 0.625. The van der Waals surface area contributed by atoms with Crippen molar-refractivity contribution in [3.63, 3.8) is 0 Å². The van der Waals surface area contributed by atoms with Crippen LogP contribution in [0.5, 0.6) is 0 Å². The summed E-state index contributed by atoms with van der Waals surface area (Å²) in [5.74, 6) is 1.21. The topological polar surface area (TPSA) is 29.5 Å². The van der Waals surface area contributed by atoms with Crippen LogP contribution < -0.4 is 0 Å². The van der Waals surface area contributed by atoms with Crippen molar-refractivity contribution >= 4 is 0 Å². The second-order valence-corrected chi connectivity index (χ2v) is 5.84. The Kier molecular flexibility index (Phi) is 3.40. The number of aliphatic hydroxyl groups is 1. The van der Waals surface area contributed by atoms with Crippen molar-refractivity contribution in [1.29, 1.82) is 0 Å². The molecule has 1 saturated carbocycles. The molecule has 1 heterocycles. The summed E-state index contributed by atoms with van der Waals surface area (Å²) >= 11 is 0. The van der Waals surface area contributed by atoms with Crippen LogP contribution in [0.4, 0.5) is 0 Å². The molecule has 0 aromatic heterocycles. The van der Waals surface area contributed by atoms with Crippen LogP contribution in [0.25, 0.3) is 0 Å². The lowest BCUT2D eigenvalue weighted by atomic mass is 9.79. The molecular formula is C16H22O2. The van der Waals surface area contributed by atoms with Crippen molar-refractivity contribution in [2.45, 2.75) is 50.7 Å². The van der Waals surface area contributed by atoms with Gasteiger partial charge in [-0.3, -0.25) is 0 Å². The van der Waals surface area contributed by atoms with E-state index in [0.29, 0.717) is 5.92 Å². The maximum atomic E-state index is 10.4. The van der Waals surface area contributed by atoms with E-state index in [2.05, 4.69) is 31.2 Å². The van der Waals surface area contributed by atoms with Crippen LogP contribution in [0.15, 0.2) is 24.3 Å². The molecule has 1 aliphatic heterocycles.